The van der Waals surface area contributed by atoms with E-state index in [4.69, 9.17) is 9.47 Å². The maximum atomic E-state index is 12.5. The number of likely N-dealkylation sites (N-methyl/N-ethyl adjacent to an activating group) is 1. The minimum atomic E-state index is -0.875. The number of ether oxygens (including phenoxy) is 2. The van der Waals surface area contributed by atoms with Gasteiger partial charge in [0.05, 0.1) is 5.56 Å². The monoisotopic (exact) mass is 403 g/mol. The molecule has 154 valence electrons. The Morgan fingerprint density at radius 1 is 0.833 bits per heavy atom. The summed E-state index contributed by atoms with van der Waals surface area (Å²) >= 11 is 0. The highest BCUT2D eigenvalue weighted by Gasteiger charge is 2.22. The molecule has 30 heavy (non-hydrogen) atoms. The van der Waals surface area contributed by atoms with E-state index < -0.39 is 12.1 Å². The van der Waals surface area contributed by atoms with Gasteiger partial charge in [-0.05, 0) is 42.3 Å². The summed E-state index contributed by atoms with van der Waals surface area (Å²) < 4.78 is 11.1. The van der Waals surface area contributed by atoms with Crippen LogP contribution in [0.4, 0.5) is 0 Å². The van der Waals surface area contributed by atoms with E-state index in [2.05, 4.69) is 0 Å². The molecule has 5 nitrogen and oxygen atoms in total. The molecular weight excluding hydrogens is 378 g/mol. The molecule has 0 heterocycles. The molecular formula is C25H25NO4. The van der Waals surface area contributed by atoms with Crippen LogP contribution >= 0.6 is 0 Å². The first-order valence-electron chi connectivity index (χ1n) is 9.79. The Morgan fingerprint density at radius 3 is 2.00 bits per heavy atom. The van der Waals surface area contributed by atoms with E-state index in [0.717, 1.165) is 11.1 Å². The first kappa shape index (κ1) is 21.1. The fourth-order valence-corrected chi connectivity index (χ4v) is 2.95. The van der Waals surface area contributed by atoms with Crippen molar-refractivity contribution in [2.45, 2.75) is 26.2 Å². The second-order valence-electron chi connectivity index (χ2n) is 7.03. The number of hydrogen-bond donors (Lipinski definition) is 0. The van der Waals surface area contributed by atoms with E-state index >= 15 is 0 Å². The highest BCUT2D eigenvalue weighted by atomic mass is 16.5. The van der Waals surface area contributed by atoms with Gasteiger partial charge in [-0.25, -0.2) is 4.79 Å². The molecule has 3 aromatic rings. The van der Waals surface area contributed by atoms with Crippen LogP contribution in [-0.4, -0.2) is 29.9 Å². The normalized spacial score (nSPS) is 11.4. The van der Waals surface area contributed by atoms with Crippen LogP contribution in [0.2, 0.25) is 0 Å². The molecule has 0 spiro atoms. The van der Waals surface area contributed by atoms with Gasteiger partial charge in [-0.3, -0.25) is 4.79 Å². The molecule has 0 saturated heterocycles. The topological polar surface area (TPSA) is 55.8 Å². The van der Waals surface area contributed by atoms with E-state index in [1.165, 1.54) is 0 Å². The third kappa shape index (κ3) is 5.95. The zero-order valence-corrected chi connectivity index (χ0v) is 17.2. The van der Waals surface area contributed by atoms with E-state index in [1.54, 1.807) is 43.1 Å². The first-order chi connectivity index (χ1) is 14.5. The van der Waals surface area contributed by atoms with E-state index in [1.807, 2.05) is 60.7 Å². The molecule has 0 aromatic heterocycles. The van der Waals surface area contributed by atoms with Crippen molar-refractivity contribution in [2.24, 2.45) is 0 Å². The van der Waals surface area contributed by atoms with Crippen LogP contribution in [-0.2, 0) is 22.7 Å². The predicted molar refractivity (Wildman–Crippen MR) is 115 cm³/mol. The molecule has 0 bridgehead atoms. The molecule has 0 fully saturated rings. The third-order valence-electron chi connectivity index (χ3n) is 4.61. The van der Waals surface area contributed by atoms with Crippen molar-refractivity contribution < 1.29 is 19.1 Å². The van der Waals surface area contributed by atoms with Crippen LogP contribution in [0.5, 0.6) is 5.75 Å². The lowest BCUT2D eigenvalue weighted by atomic mass is 10.2. The summed E-state index contributed by atoms with van der Waals surface area (Å²) in [5.41, 5.74) is 2.44. The Kier molecular flexibility index (Phi) is 7.22. The second-order valence-corrected chi connectivity index (χ2v) is 7.03. The van der Waals surface area contributed by atoms with Crippen molar-refractivity contribution in [2.75, 3.05) is 7.05 Å². The quantitative estimate of drug-likeness (QED) is 0.521. The molecule has 3 aromatic carbocycles. The second kappa shape index (κ2) is 10.3. The third-order valence-corrected chi connectivity index (χ3v) is 4.61. The summed E-state index contributed by atoms with van der Waals surface area (Å²) in [6.45, 7) is 2.48. The lowest BCUT2D eigenvalue weighted by Gasteiger charge is -2.21. The van der Waals surface area contributed by atoms with Gasteiger partial charge in [-0.1, -0.05) is 60.7 Å². The summed E-state index contributed by atoms with van der Waals surface area (Å²) in [7, 11) is 1.69. The van der Waals surface area contributed by atoms with Gasteiger partial charge >= 0.3 is 5.97 Å². The van der Waals surface area contributed by atoms with Gasteiger partial charge in [0, 0.05) is 13.6 Å². The average Bonchev–Trinajstić information content (AvgIpc) is 2.78. The summed E-state index contributed by atoms with van der Waals surface area (Å²) in [6, 6.07) is 26.2. The molecule has 0 N–H and O–H groups in total. The minimum Gasteiger partial charge on any atom is -0.489 e. The fourth-order valence-electron chi connectivity index (χ4n) is 2.95. The summed E-state index contributed by atoms with van der Waals surface area (Å²) in [6.07, 6.45) is -0.875. The van der Waals surface area contributed by atoms with Gasteiger partial charge in [-0.15, -0.1) is 0 Å². The summed E-state index contributed by atoms with van der Waals surface area (Å²) in [5, 5.41) is 0. The van der Waals surface area contributed by atoms with Crippen LogP contribution < -0.4 is 4.74 Å². The Labute approximate surface area is 176 Å². The van der Waals surface area contributed by atoms with Crippen molar-refractivity contribution in [3.8, 4) is 5.75 Å². The molecule has 0 radical (unpaired) electrons. The lowest BCUT2D eigenvalue weighted by Crippen LogP contribution is -2.37. The molecule has 0 aliphatic carbocycles. The fraction of sp³-hybridized carbons (Fsp3) is 0.200. The predicted octanol–water partition coefficient (Wildman–Crippen LogP) is 4.47. The van der Waals surface area contributed by atoms with Gasteiger partial charge in [0.2, 0.25) is 0 Å². The van der Waals surface area contributed by atoms with E-state index in [0.29, 0.717) is 24.5 Å². The molecule has 0 unspecified atom stereocenters. The number of carbonyl (C=O) groups excluding carboxylic acids is 2. The molecule has 0 saturated carbocycles. The number of hydrogen-bond acceptors (Lipinski definition) is 4. The van der Waals surface area contributed by atoms with Crippen LogP contribution in [0.3, 0.4) is 0 Å². The Morgan fingerprint density at radius 2 is 1.40 bits per heavy atom. The maximum Gasteiger partial charge on any atom is 0.338 e. The maximum absolute atomic E-state index is 12.5. The van der Waals surface area contributed by atoms with Crippen LogP contribution in [0.1, 0.15) is 28.4 Å². The van der Waals surface area contributed by atoms with Gasteiger partial charge in [0.1, 0.15) is 12.4 Å². The van der Waals surface area contributed by atoms with Gasteiger partial charge in [-0.2, -0.15) is 0 Å². The number of esters is 1. The lowest BCUT2D eigenvalue weighted by molar-refractivity contribution is -0.139. The standard InChI is InChI=1S/C25H25NO4/c1-19(24(27)26(2)17-20-9-5-3-6-10-20)30-25(28)22-13-15-23(16-14-22)29-18-21-11-7-4-8-12-21/h3-16,19H,17-18H2,1-2H3/t19-/m0/s1. The minimum absolute atomic E-state index is 0.255. The number of rotatable bonds is 8. The van der Waals surface area contributed by atoms with E-state index in [-0.39, 0.29) is 5.91 Å². The smallest absolute Gasteiger partial charge is 0.338 e. The SMILES string of the molecule is C[C@H](OC(=O)c1ccc(OCc2ccccc2)cc1)C(=O)N(C)Cc1ccccc1. The van der Waals surface area contributed by atoms with Crippen LogP contribution in [0.25, 0.3) is 0 Å². The first-order valence-corrected chi connectivity index (χ1v) is 9.79. The zero-order valence-electron chi connectivity index (χ0n) is 17.2. The molecule has 1 amide bonds. The summed E-state index contributed by atoms with van der Waals surface area (Å²) in [5.74, 6) is -0.143. The highest BCUT2D eigenvalue weighted by molar-refractivity contribution is 5.92. The molecule has 0 aliphatic rings. The van der Waals surface area contributed by atoms with Crippen molar-refractivity contribution in [1.82, 2.24) is 4.90 Å². The summed E-state index contributed by atoms with van der Waals surface area (Å²) in [4.78, 5) is 26.5. The van der Waals surface area contributed by atoms with Crippen LogP contribution in [0, 0.1) is 0 Å². The number of benzene rings is 3. The van der Waals surface area contributed by atoms with Crippen molar-refractivity contribution in [3.63, 3.8) is 0 Å². The highest BCUT2D eigenvalue weighted by Crippen LogP contribution is 2.16. The Hall–Kier alpha value is -3.60. The number of nitrogens with zero attached hydrogens (tertiary/aromatic N) is 1. The van der Waals surface area contributed by atoms with Crippen molar-refractivity contribution in [3.05, 3.63) is 102 Å². The van der Waals surface area contributed by atoms with Crippen molar-refractivity contribution >= 4 is 11.9 Å². The Balaban J connectivity index is 1.51. The zero-order chi connectivity index (χ0) is 21.3. The van der Waals surface area contributed by atoms with Gasteiger partial charge in [0.25, 0.3) is 5.91 Å². The average molecular weight is 403 g/mol. The van der Waals surface area contributed by atoms with E-state index in [9.17, 15) is 9.59 Å². The number of carbonyl (C=O) groups is 2. The van der Waals surface area contributed by atoms with Gasteiger partial charge < -0.3 is 14.4 Å². The molecule has 5 heteroatoms. The van der Waals surface area contributed by atoms with Crippen LogP contribution in [0.15, 0.2) is 84.9 Å². The Bertz CT molecular complexity index is 955. The number of amides is 1. The molecule has 1 atom stereocenters. The largest absolute Gasteiger partial charge is 0.489 e. The molecule has 3 rings (SSSR count). The van der Waals surface area contributed by atoms with Gasteiger partial charge in [0.15, 0.2) is 6.10 Å². The molecule has 0 aliphatic heterocycles. The van der Waals surface area contributed by atoms with Crippen molar-refractivity contribution in [1.29, 1.82) is 0 Å².